The van der Waals surface area contributed by atoms with Crippen LogP contribution < -0.4 is 0 Å². The summed E-state index contributed by atoms with van der Waals surface area (Å²) >= 11 is 0. The van der Waals surface area contributed by atoms with E-state index in [4.69, 9.17) is 0 Å². The smallest absolute Gasteiger partial charge is 0.0351 e. The molecule has 0 bridgehead atoms. The fraction of sp³-hybridized carbons (Fsp3) is 0.778. The quantitative estimate of drug-likeness (QED) is 0.238. The van der Waals surface area contributed by atoms with E-state index in [-0.39, 0.29) is 0 Å². The van der Waals surface area contributed by atoms with Crippen molar-refractivity contribution in [2.75, 3.05) is 0 Å². The Bertz CT molecular complexity index is 157. The molecule has 0 saturated carbocycles. The van der Waals surface area contributed by atoms with Crippen molar-refractivity contribution in [3.05, 3.63) is 26.0 Å². The van der Waals surface area contributed by atoms with E-state index in [0.29, 0.717) is 0 Å². The third-order valence-electron chi connectivity index (χ3n) is 3.45. The Labute approximate surface area is 116 Å². The zero-order valence-corrected chi connectivity index (χ0v) is 12.5. The molecule has 0 spiro atoms. The molecule has 0 aliphatic carbocycles. The second-order valence-corrected chi connectivity index (χ2v) is 5.29. The van der Waals surface area contributed by atoms with Gasteiger partial charge < -0.3 is 0 Å². The van der Waals surface area contributed by atoms with Crippen LogP contribution in [0.15, 0.2) is 12.2 Å². The van der Waals surface area contributed by atoms with Gasteiger partial charge in [-0.1, -0.05) is 89.7 Å². The maximum Gasteiger partial charge on any atom is -0.0351 e. The number of hydrogen-bond donors (Lipinski definition) is 0. The highest BCUT2D eigenvalue weighted by Gasteiger charge is 1.92. The Morgan fingerprint density at radius 2 is 0.944 bits per heavy atom. The molecule has 0 amide bonds. The highest BCUT2D eigenvalue weighted by molar-refractivity contribution is 4.81. The average molecular weight is 250 g/mol. The normalized spacial score (nSPS) is 11.4. The minimum Gasteiger partial charge on any atom is -0.0885 e. The van der Waals surface area contributed by atoms with Crippen molar-refractivity contribution in [1.82, 2.24) is 0 Å². The summed E-state index contributed by atoms with van der Waals surface area (Å²) in [6.45, 7) is 7.67. The number of hydrogen-bond acceptors (Lipinski definition) is 0. The van der Waals surface area contributed by atoms with Crippen LogP contribution in [0.5, 0.6) is 0 Å². The number of rotatable bonds is 14. The molecular weight excluding hydrogens is 216 g/mol. The summed E-state index contributed by atoms with van der Waals surface area (Å²) in [4.78, 5) is 0. The van der Waals surface area contributed by atoms with Crippen molar-refractivity contribution in [1.29, 1.82) is 0 Å². The molecule has 0 heterocycles. The summed E-state index contributed by atoms with van der Waals surface area (Å²) in [7, 11) is 0. The van der Waals surface area contributed by atoms with E-state index in [0.717, 1.165) is 12.8 Å². The summed E-state index contributed by atoms with van der Waals surface area (Å²) in [6.07, 6.45) is 23.3. The van der Waals surface area contributed by atoms with E-state index in [1.165, 1.54) is 77.0 Å². The molecule has 0 atom stereocenters. The van der Waals surface area contributed by atoms with Crippen molar-refractivity contribution in [3.63, 3.8) is 0 Å². The van der Waals surface area contributed by atoms with E-state index < -0.39 is 0 Å². The Hall–Kier alpha value is -0.260. The van der Waals surface area contributed by atoms with Gasteiger partial charge in [0.25, 0.3) is 0 Å². The molecule has 0 saturated heterocycles. The monoisotopic (exact) mass is 250 g/mol. The molecule has 0 nitrogen and oxygen atoms in total. The maximum atomic E-state index is 3.88. The average Bonchev–Trinajstić information content (AvgIpc) is 2.39. The Kier molecular flexibility index (Phi) is 16.5. The SMILES string of the molecule is [CH2]C/C=C/CCCCCCCCCCCCC[CH2]. The maximum absolute atomic E-state index is 3.88. The summed E-state index contributed by atoms with van der Waals surface area (Å²) in [5, 5.41) is 0. The lowest BCUT2D eigenvalue weighted by Gasteiger charge is -2.02. The fourth-order valence-corrected chi connectivity index (χ4v) is 2.27. The lowest BCUT2D eigenvalue weighted by atomic mass is 10.0. The Morgan fingerprint density at radius 1 is 0.500 bits per heavy atom. The number of allylic oxidation sites excluding steroid dienone is 2. The molecule has 0 aromatic carbocycles. The van der Waals surface area contributed by atoms with Gasteiger partial charge in [0, 0.05) is 0 Å². The molecule has 2 radical (unpaired) electrons. The highest BCUT2D eigenvalue weighted by Crippen LogP contribution is 2.12. The number of unbranched alkanes of at least 4 members (excludes halogenated alkanes) is 12. The van der Waals surface area contributed by atoms with Gasteiger partial charge in [-0.15, -0.1) is 0 Å². The van der Waals surface area contributed by atoms with Gasteiger partial charge in [-0.3, -0.25) is 0 Å². The van der Waals surface area contributed by atoms with Crippen molar-refractivity contribution in [2.45, 2.75) is 89.9 Å². The van der Waals surface area contributed by atoms with Crippen molar-refractivity contribution in [3.8, 4) is 0 Å². The first-order valence-corrected chi connectivity index (χ1v) is 8.15. The van der Waals surface area contributed by atoms with Crippen LogP contribution in [-0.4, -0.2) is 0 Å². The predicted octanol–water partition coefficient (Wildman–Crippen LogP) is 6.67. The molecule has 0 unspecified atom stereocenters. The minimum absolute atomic E-state index is 0.939. The third kappa shape index (κ3) is 15.7. The minimum atomic E-state index is 0.939. The van der Waals surface area contributed by atoms with E-state index in [9.17, 15) is 0 Å². The molecule has 106 valence electrons. The largest absolute Gasteiger partial charge is 0.0885 e. The Balaban J connectivity index is 2.92. The van der Waals surface area contributed by atoms with Gasteiger partial charge in [-0.05, 0) is 26.2 Å². The molecule has 0 fully saturated rings. The molecule has 0 aromatic rings. The van der Waals surface area contributed by atoms with Crippen molar-refractivity contribution < 1.29 is 0 Å². The van der Waals surface area contributed by atoms with Gasteiger partial charge >= 0.3 is 0 Å². The van der Waals surface area contributed by atoms with Crippen LogP contribution in [0.2, 0.25) is 0 Å². The molecule has 0 aromatic heterocycles. The summed E-state index contributed by atoms with van der Waals surface area (Å²) < 4.78 is 0. The standard InChI is InChI=1S/C18H34/c1-3-5-7-9-11-13-15-17-18-16-14-12-10-8-6-4-2/h5,7H,1-4,6,8-18H2/b7-5+. The van der Waals surface area contributed by atoms with Crippen LogP contribution in [0.1, 0.15) is 89.9 Å². The van der Waals surface area contributed by atoms with Gasteiger partial charge in [0.05, 0.1) is 0 Å². The molecule has 0 aliphatic rings. The first-order valence-electron chi connectivity index (χ1n) is 8.15. The van der Waals surface area contributed by atoms with Crippen LogP contribution >= 0.6 is 0 Å². The summed E-state index contributed by atoms with van der Waals surface area (Å²) in [5.41, 5.74) is 0. The summed E-state index contributed by atoms with van der Waals surface area (Å²) in [6, 6.07) is 0. The van der Waals surface area contributed by atoms with Crippen molar-refractivity contribution in [2.24, 2.45) is 0 Å². The van der Waals surface area contributed by atoms with Crippen LogP contribution in [0.3, 0.4) is 0 Å². The van der Waals surface area contributed by atoms with E-state index >= 15 is 0 Å². The fourth-order valence-electron chi connectivity index (χ4n) is 2.27. The molecular formula is C18H34. The molecule has 0 rings (SSSR count). The van der Waals surface area contributed by atoms with Gasteiger partial charge in [0.1, 0.15) is 0 Å². The predicted molar refractivity (Wildman–Crippen MR) is 84.5 cm³/mol. The van der Waals surface area contributed by atoms with Gasteiger partial charge in [0.2, 0.25) is 0 Å². The van der Waals surface area contributed by atoms with Crippen LogP contribution in [0.25, 0.3) is 0 Å². The lowest BCUT2D eigenvalue weighted by Crippen LogP contribution is -1.82. The van der Waals surface area contributed by atoms with Crippen LogP contribution in [0.4, 0.5) is 0 Å². The molecule has 0 aliphatic heterocycles. The molecule has 0 heteroatoms. The molecule has 18 heavy (non-hydrogen) atoms. The van der Waals surface area contributed by atoms with Crippen LogP contribution in [-0.2, 0) is 0 Å². The first kappa shape index (κ1) is 17.7. The van der Waals surface area contributed by atoms with E-state index in [1.807, 2.05) is 0 Å². The zero-order valence-electron chi connectivity index (χ0n) is 12.5. The Morgan fingerprint density at radius 3 is 1.39 bits per heavy atom. The van der Waals surface area contributed by atoms with Gasteiger partial charge in [-0.2, -0.15) is 0 Å². The van der Waals surface area contributed by atoms with Crippen LogP contribution in [0, 0.1) is 13.8 Å². The second-order valence-electron chi connectivity index (χ2n) is 5.29. The summed E-state index contributed by atoms with van der Waals surface area (Å²) in [5.74, 6) is 0. The second kappa shape index (κ2) is 16.7. The van der Waals surface area contributed by atoms with Crippen molar-refractivity contribution >= 4 is 0 Å². The van der Waals surface area contributed by atoms with Gasteiger partial charge in [0.15, 0.2) is 0 Å². The molecule has 0 N–H and O–H groups in total. The van der Waals surface area contributed by atoms with E-state index in [2.05, 4.69) is 26.0 Å². The lowest BCUT2D eigenvalue weighted by molar-refractivity contribution is 0.547. The third-order valence-corrected chi connectivity index (χ3v) is 3.45. The topological polar surface area (TPSA) is 0 Å². The van der Waals surface area contributed by atoms with E-state index in [1.54, 1.807) is 0 Å². The highest BCUT2D eigenvalue weighted by atomic mass is 14.0. The zero-order chi connectivity index (χ0) is 13.3. The van der Waals surface area contributed by atoms with Gasteiger partial charge in [-0.25, -0.2) is 0 Å². The first-order chi connectivity index (χ1) is 8.91.